The first-order valence-electron chi connectivity index (χ1n) is 8.49. The van der Waals surface area contributed by atoms with Gasteiger partial charge in [0.05, 0.1) is 6.04 Å². The van der Waals surface area contributed by atoms with Crippen molar-refractivity contribution in [1.82, 2.24) is 10.1 Å². The molecule has 1 aliphatic heterocycles. The van der Waals surface area contributed by atoms with Crippen molar-refractivity contribution in [2.45, 2.75) is 31.8 Å². The van der Waals surface area contributed by atoms with E-state index in [1.807, 2.05) is 36.4 Å². The maximum absolute atomic E-state index is 13.0. The van der Waals surface area contributed by atoms with Gasteiger partial charge in [-0.25, -0.2) is 0 Å². The Kier molecular flexibility index (Phi) is 5.31. The van der Waals surface area contributed by atoms with Crippen LogP contribution in [0.1, 0.15) is 30.2 Å². The maximum atomic E-state index is 13.0. The number of amides is 2. The lowest BCUT2D eigenvalue weighted by Gasteiger charge is -2.38. The van der Waals surface area contributed by atoms with Crippen molar-refractivity contribution >= 4 is 17.6 Å². The monoisotopic (exact) mass is 351 g/mol. The van der Waals surface area contributed by atoms with Gasteiger partial charge in [0.25, 0.3) is 0 Å². The van der Waals surface area contributed by atoms with Crippen LogP contribution in [0.4, 0.5) is 5.82 Å². The average molecular weight is 351 g/mol. The lowest BCUT2D eigenvalue weighted by molar-refractivity contribution is -0.146. The molecule has 0 spiro atoms. The minimum Gasteiger partial charge on any atom is -0.360 e. The molecular weight excluding hydrogens is 330 g/mol. The number of nitrogens with zero attached hydrogens (tertiary/aromatic N) is 2. The SMILES string of the molecule is C=CC[C@@H]1CC=C[C@@H](c2ccccc2)N1C(=O)C(=O)Nc1cc(C)on1. The third kappa shape index (κ3) is 3.74. The van der Waals surface area contributed by atoms with E-state index in [9.17, 15) is 9.59 Å². The summed E-state index contributed by atoms with van der Waals surface area (Å²) in [4.78, 5) is 27.1. The predicted octanol–water partition coefficient (Wildman–Crippen LogP) is 3.40. The summed E-state index contributed by atoms with van der Waals surface area (Å²) in [5.41, 5.74) is 0.955. The van der Waals surface area contributed by atoms with Gasteiger partial charge < -0.3 is 9.42 Å². The number of carbonyl (C=O) groups is 2. The van der Waals surface area contributed by atoms with Crippen molar-refractivity contribution in [2.24, 2.45) is 0 Å². The highest BCUT2D eigenvalue weighted by molar-refractivity contribution is 6.39. The lowest BCUT2D eigenvalue weighted by Crippen LogP contribution is -2.48. The third-order valence-corrected chi connectivity index (χ3v) is 4.30. The molecule has 0 unspecified atom stereocenters. The van der Waals surface area contributed by atoms with Crippen molar-refractivity contribution in [3.63, 3.8) is 0 Å². The fraction of sp³-hybridized carbons (Fsp3) is 0.250. The fourth-order valence-corrected chi connectivity index (χ4v) is 3.13. The van der Waals surface area contributed by atoms with Gasteiger partial charge in [0.1, 0.15) is 5.76 Å². The summed E-state index contributed by atoms with van der Waals surface area (Å²) in [7, 11) is 0. The summed E-state index contributed by atoms with van der Waals surface area (Å²) >= 11 is 0. The van der Waals surface area contributed by atoms with E-state index in [1.54, 1.807) is 24.0 Å². The molecular formula is C20H21N3O3. The van der Waals surface area contributed by atoms with Crippen molar-refractivity contribution < 1.29 is 14.1 Å². The van der Waals surface area contributed by atoms with E-state index in [2.05, 4.69) is 23.1 Å². The number of hydrogen-bond donors (Lipinski definition) is 1. The molecule has 1 aliphatic rings. The number of anilines is 1. The van der Waals surface area contributed by atoms with Crippen LogP contribution in [0.15, 0.2) is 65.7 Å². The summed E-state index contributed by atoms with van der Waals surface area (Å²) in [6.07, 6.45) is 7.06. The average Bonchev–Trinajstić information content (AvgIpc) is 3.06. The second-order valence-electron chi connectivity index (χ2n) is 6.19. The second-order valence-corrected chi connectivity index (χ2v) is 6.19. The highest BCUT2D eigenvalue weighted by Crippen LogP contribution is 2.31. The van der Waals surface area contributed by atoms with Crippen molar-refractivity contribution in [1.29, 1.82) is 0 Å². The molecule has 0 radical (unpaired) electrons. The maximum Gasteiger partial charge on any atom is 0.315 e. The standard InChI is InChI=1S/C20H21N3O3/c1-3-8-16-11-7-12-17(15-9-5-4-6-10-15)23(16)20(25)19(24)21-18-13-14(2)26-22-18/h3-7,9-10,12-13,16-17H,1,8,11H2,2H3,(H,21,22,24)/t16-,17+/m1/s1. The normalized spacial score (nSPS) is 19.2. The Morgan fingerprint density at radius 3 is 2.81 bits per heavy atom. The molecule has 3 rings (SSSR count). The summed E-state index contributed by atoms with van der Waals surface area (Å²) in [6.45, 7) is 5.49. The zero-order chi connectivity index (χ0) is 18.5. The van der Waals surface area contributed by atoms with E-state index < -0.39 is 11.8 Å². The minimum absolute atomic E-state index is 0.125. The van der Waals surface area contributed by atoms with Crippen LogP contribution >= 0.6 is 0 Å². The molecule has 2 aromatic rings. The molecule has 0 saturated heterocycles. The molecule has 0 bridgehead atoms. The Labute approximate surface area is 152 Å². The molecule has 0 saturated carbocycles. The first-order chi connectivity index (χ1) is 12.6. The van der Waals surface area contributed by atoms with Gasteiger partial charge in [0.15, 0.2) is 5.82 Å². The van der Waals surface area contributed by atoms with Gasteiger partial charge in [-0.05, 0) is 25.3 Å². The van der Waals surface area contributed by atoms with Crippen LogP contribution in [-0.2, 0) is 9.59 Å². The third-order valence-electron chi connectivity index (χ3n) is 4.30. The van der Waals surface area contributed by atoms with Gasteiger partial charge in [0.2, 0.25) is 0 Å². The van der Waals surface area contributed by atoms with E-state index in [4.69, 9.17) is 4.52 Å². The van der Waals surface area contributed by atoms with Crippen molar-refractivity contribution in [3.8, 4) is 0 Å². The number of aryl methyl sites for hydroxylation is 1. The molecule has 2 amide bonds. The number of nitrogens with one attached hydrogen (secondary N) is 1. The Balaban J connectivity index is 1.87. The van der Waals surface area contributed by atoms with Crippen LogP contribution in [0.25, 0.3) is 0 Å². The van der Waals surface area contributed by atoms with Gasteiger partial charge in [-0.3, -0.25) is 14.9 Å². The van der Waals surface area contributed by atoms with Gasteiger partial charge in [-0.1, -0.05) is 53.7 Å². The second kappa shape index (κ2) is 7.82. The first-order valence-corrected chi connectivity index (χ1v) is 8.49. The Hall–Kier alpha value is -3.15. The zero-order valence-corrected chi connectivity index (χ0v) is 14.6. The molecule has 26 heavy (non-hydrogen) atoms. The van der Waals surface area contributed by atoms with Gasteiger partial charge in [-0.2, -0.15) is 0 Å². The molecule has 6 heteroatoms. The van der Waals surface area contributed by atoms with Gasteiger partial charge in [0, 0.05) is 12.1 Å². The van der Waals surface area contributed by atoms with Crippen LogP contribution in [0, 0.1) is 6.92 Å². The van der Waals surface area contributed by atoms with Gasteiger partial charge >= 0.3 is 11.8 Å². The first kappa shape index (κ1) is 17.7. The largest absolute Gasteiger partial charge is 0.360 e. The number of carbonyl (C=O) groups excluding carboxylic acids is 2. The Morgan fingerprint density at radius 1 is 1.38 bits per heavy atom. The van der Waals surface area contributed by atoms with E-state index in [0.29, 0.717) is 18.6 Å². The van der Waals surface area contributed by atoms with Crippen LogP contribution in [0.5, 0.6) is 0 Å². The van der Waals surface area contributed by atoms with Gasteiger partial charge in [-0.15, -0.1) is 6.58 Å². The minimum atomic E-state index is -0.733. The molecule has 2 atom stereocenters. The van der Waals surface area contributed by atoms with E-state index in [0.717, 1.165) is 5.56 Å². The van der Waals surface area contributed by atoms with E-state index in [1.165, 1.54) is 0 Å². The molecule has 1 aromatic carbocycles. The predicted molar refractivity (Wildman–Crippen MR) is 98.3 cm³/mol. The van der Waals surface area contributed by atoms with Crippen LogP contribution in [0.3, 0.4) is 0 Å². The number of aromatic nitrogens is 1. The summed E-state index contributed by atoms with van der Waals surface area (Å²) in [5.74, 6) is -0.551. The molecule has 6 nitrogen and oxygen atoms in total. The highest BCUT2D eigenvalue weighted by atomic mass is 16.5. The molecule has 0 fully saturated rings. The molecule has 1 aromatic heterocycles. The Morgan fingerprint density at radius 2 is 2.15 bits per heavy atom. The van der Waals surface area contributed by atoms with E-state index in [-0.39, 0.29) is 17.9 Å². The van der Waals surface area contributed by atoms with E-state index >= 15 is 0 Å². The van der Waals surface area contributed by atoms with Crippen molar-refractivity contribution in [3.05, 3.63) is 72.5 Å². The van der Waals surface area contributed by atoms with Crippen LogP contribution < -0.4 is 5.32 Å². The van der Waals surface area contributed by atoms with Crippen molar-refractivity contribution in [2.75, 3.05) is 5.32 Å². The molecule has 1 N–H and O–H groups in total. The molecule has 134 valence electrons. The number of hydrogen-bond acceptors (Lipinski definition) is 4. The summed E-state index contributed by atoms with van der Waals surface area (Å²) in [5, 5.41) is 6.22. The van der Waals surface area contributed by atoms with Crippen LogP contribution in [0.2, 0.25) is 0 Å². The topological polar surface area (TPSA) is 75.4 Å². The number of rotatable bonds is 4. The Bertz CT molecular complexity index is 826. The quantitative estimate of drug-likeness (QED) is 0.677. The van der Waals surface area contributed by atoms with Crippen LogP contribution in [-0.4, -0.2) is 27.9 Å². The number of benzene rings is 1. The molecule has 0 aliphatic carbocycles. The molecule has 2 heterocycles. The highest BCUT2D eigenvalue weighted by Gasteiger charge is 2.35. The lowest BCUT2D eigenvalue weighted by atomic mass is 9.94. The summed E-state index contributed by atoms with van der Waals surface area (Å²) < 4.78 is 4.93. The fourth-order valence-electron chi connectivity index (χ4n) is 3.13. The zero-order valence-electron chi connectivity index (χ0n) is 14.6. The summed E-state index contributed by atoms with van der Waals surface area (Å²) in [6, 6.07) is 10.8. The smallest absolute Gasteiger partial charge is 0.315 e.